The summed E-state index contributed by atoms with van der Waals surface area (Å²) in [5.41, 5.74) is 11.5. The van der Waals surface area contributed by atoms with Gasteiger partial charge in [-0.15, -0.1) is 0 Å². The van der Waals surface area contributed by atoms with Crippen molar-refractivity contribution in [3.63, 3.8) is 0 Å². The van der Waals surface area contributed by atoms with Crippen molar-refractivity contribution in [2.24, 2.45) is 5.84 Å². The summed E-state index contributed by atoms with van der Waals surface area (Å²) in [5, 5.41) is 0. The van der Waals surface area contributed by atoms with E-state index in [0.717, 1.165) is 16.7 Å². The molecule has 0 aliphatic carbocycles. The van der Waals surface area contributed by atoms with Gasteiger partial charge in [0.05, 0.1) is 20.3 Å². The minimum absolute atomic E-state index is 0.303. The lowest BCUT2D eigenvalue weighted by Gasteiger charge is -2.21. The monoisotopic (exact) mass is 288 g/mol. The largest absolute Gasteiger partial charge is 0.497 e. The van der Waals surface area contributed by atoms with Crippen LogP contribution in [0.3, 0.4) is 0 Å². The number of methoxy groups -OCH3 is 2. The van der Waals surface area contributed by atoms with Crippen molar-refractivity contribution >= 4 is 5.82 Å². The highest BCUT2D eigenvalue weighted by Crippen LogP contribution is 2.32. The smallest absolute Gasteiger partial charge is 0.128 e. The lowest BCUT2D eigenvalue weighted by atomic mass is 9.96. The SMILES string of the molecule is COc1cc(OC)cc(C(NN)c2c(C)ccnc2N)c1. The number of benzene rings is 1. The van der Waals surface area contributed by atoms with Crippen molar-refractivity contribution in [2.45, 2.75) is 13.0 Å². The zero-order valence-corrected chi connectivity index (χ0v) is 12.4. The summed E-state index contributed by atoms with van der Waals surface area (Å²) in [4.78, 5) is 4.14. The molecule has 2 aromatic rings. The van der Waals surface area contributed by atoms with E-state index in [9.17, 15) is 0 Å². The van der Waals surface area contributed by atoms with Gasteiger partial charge in [0.25, 0.3) is 0 Å². The first-order valence-corrected chi connectivity index (χ1v) is 6.50. The number of pyridine rings is 1. The fourth-order valence-electron chi connectivity index (χ4n) is 2.31. The molecule has 1 unspecified atom stereocenters. The molecule has 1 heterocycles. The molecule has 0 aliphatic rings. The number of hydrazine groups is 1. The number of rotatable bonds is 5. The Balaban J connectivity index is 2.56. The lowest BCUT2D eigenvalue weighted by Crippen LogP contribution is -2.30. The number of nitrogen functional groups attached to an aromatic ring is 1. The van der Waals surface area contributed by atoms with Crippen molar-refractivity contribution in [2.75, 3.05) is 20.0 Å². The quantitative estimate of drug-likeness (QED) is 0.570. The zero-order valence-electron chi connectivity index (χ0n) is 12.4. The van der Waals surface area contributed by atoms with E-state index in [1.54, 1.807) is 26.5 Å². The molecule has 0 radical (unpaired) electrons. The van der Waals surface area contributed by atoms with Gasteiger partial charge in [0, 0.05) is 17.8 Å². The molecule has 1 atom stereocenters. The van der Waals surface area contributed by atoms with Crippen LogP contribution in [0.15, 0.2) is 30.5 Å². The lowest BCUT2D eigenvalue weighted by molar-refractivity contribution is 0.392. The first-order chi connectivity index (χ1) is 10.1. The molecule has 1 aromatic carbocycles. The topological polar surface area (TPSA) is 95.4 Å². The van der Waals surface area contributed by atoms with Crippen molar-refractivity contribution in [1.82, 2.24) is 10.4 Å². The molecule has 112 valence electrons. The van der Waals surface area contributed by atoms with Gasteiger partial charge in [-0.1, -0.05) is 0 Å². The first-order valence-electron chi connectivity index (χ1n) is 6.50. The Morgan fingerprint density at radius 1 is 1.14 bits per heavy atom. The van der Waals surface area contributed by atoms with Crippen LogP contribution in [-0.2, 0) is 0 Å². The van der Waals surface area contributed by atoms with E-state index >= 15 is 0 Å². The molecule has 0 bridgehead atoms. The Kier molecular flexibility index (Phi) is 4.62. The molecule has 0 saturated heterocycles. The second kappa shape index (κ2) is 6.43. The number of hydrogen-bond donors (Lipinski definition) is 3. The third-order valence-electron chi connectivity index (χ3n) is 3.40. The summed E-state index contributed by atoms with van der Waals surface area (Å²) in [6.45, 7) is 1.97. The number of anilines is 1. The summed E-state index contributed by atoms with van der Waals surface area (Å²) >= 11 is 0. The van der Waals surface area contributed by atoms with E-state index < -0.39 is 0 Å². The third-order valence-corrected chi connectivity index (χ3v) is 3.40. The second-order valence-electron chi connectivity index (χ2n) is 4.67. The zero-order chi connectivity index (χ0) is 15.4. The van der Waals surface area contributed by atoms with E-state index in [0.29, 0.717) is 17.3 Å². The highest BCUT2D eigenvalue weighted by Gasteiger charge is 2.20. The Hall–Kier alpha value is -2.31. The molecule has 0 amide bonds. The van der Waals surface area contributed by atoms with Crippen LogP contribution in [0.5, 0.6) is 11.5 Å². The van der Waals surface area contributed by atoms with Gasteiger partial charge in [0.1, 0.15) is 17.3 Å². The maximum Gasteiger partial charge on any atom is 0.128 e. The molecule has 5 N–H and O–H groups in total. The van der Waals surface area contributed by atoms with Crippen molar-refractivity contribution in [1.29, 1.82) is 0 Å². The molecular formula is C15H20N4O2. The fourth-order valence-corrected chi connectivity index (χ4v) is 2.31. The summed E-state index contributed by atoms with van der Waals surface area (Å²) in [7, 11) is 3.21. The van der Waals surface area contributed by atoms with Gasteiger partial charge in [-0.2, -0.15) is 0 Å². The summed E-state index contributed by atoms with van der Waals surface area (Å²) in [6, 6.07) is 7.17. The van der Waals surface area contributed by atoms with Gasteiger partial charge in [0.15, 0.2) is 0 Å². The Morgan fingerprint density at radius 2 is 1.76 bits per heavy atom. The van der Waals surface area contributed by atoms with Crippen LogP contribution in [0.2, 0.25) is 0 Å². The van der Waals surface area contributed by atoms with Crippen LogP contribution in [0.25, 0.3) is 0 Å². The number of ether oxygens (including phenoxy) is 2. The van der Waals surface area contributed by atoms with Crippen molar-refractivity contribution in [3.05, 3.63) is 47.2 Å². The summed E-state index contributed by atoms with van der Waals surface area (Å²) in [5.74, 6) is 7.56. The molecule has 0 fully saturated rings. The average molecular weight is 288 g/mol. The molecule has 1 aromatic heterocycles. The summed E-state index contributed by atoms with van der Waals surface area (Å²) in [6.07, 6.45) is 1.67. The van der Waals surface area contributed by atoms with Crippen LogP contribution >= 0.6 is 0 Å². The predicted molar refractivity (Wildman–Crippen MR) is 82.1 cm³/mol. The molecule has 0 aliphatic heterocycles. The average Bonchev–Trinajstić information content (AvgIpc) is 2.50. The number of nitrogens with one attached hydrogen (secondary N) is 1. The molecule has 2 rings (SSSR count). The normalized spacial score (nSPS) is 12.0. The molecule has 6 nitrogen and oxygen atoms in total. The van der Waals surface area contributed by atoms with Crippen LogP contribution in [0, 0.1) is 6.92 Å². The van der Waals surface area contributed by atoms with Gasteiger partial charge < -0.3 is 15.2 Å². The third kappa shape index (κ3) is 3.07. The Labute approximate surface area is 124 Å². The number of nitrogens with zero attached hydrogens (tertiary/aromatic N) is 1. The van der Waals surface area contributed by atoms with Gasteiger partial charge in [-0.25, -0.2) is 10.4 Å². The number of nitrogens with two attached hydrogens (primary N) is 2. The fraction of sp³-hybridized carbons (Fsp3) is 0.267. The number of aromatic nitrogens is 1. The second-order valence-corrected chi connectivity index (χ2v) is 4.67. The van der Waals surface area contributed by atoms with E-state index in [4.69, 9.17) is 21.1 Å². The van der Waals surface area contributed by atoms with E-state index in [2.05, 4.69) is 10.4 Å². The van der Waals surface area contributed by atoms with Crippen LogP contribution in [0.1, 0.15) is 22.7 Å². The molecule has 21 heavy (non-hydrogen) atoms. The van der Waals surface area contributed by atoms with Gasteiger partial charge in [-0.05, 0) is 36.2 Å². The van der Waals surface area contributed by atoms with E-state index in [1.165, 1.54) is 0 Å². The van der Waals surface area contributed by atoms with Gasteiger partial charge >= 0.3 is 0 Å². The van der Waals surface area contributed by atoms with Crippen molar-refractivity contribution < 1.29 is 9.47 Å². The molecule has 0 saturated carbocycles. The minimum Gasteiger partial charge on any atom is -0.497 e. The standard InChI is InChI=1S/C15H20N4O2/c1-9-4-5-18-15(16)13(9)14(19-17)10-6-11(20-2)8-12(7-10)21-3/h4-8,14,19H,17H2,1-3H3,(H2,16,18). The minimum atomic E-state index is -0.303. The van der Waals surface area contributed by atoms with Crippen LogP contribution < -0.4 is 26.5 Å². The highest BCUT2D eigenvalue weighted by molar-refractivity contribution is 5.52. The summed E-state index contributed by atoms with van der Waals surface area (Å²) < 4.78 is 10.6. The van der Waals surface area contributed by atoms with Crippen LogP contribution in [-0.4, -0.2) is 19.2 Å². The Bertz CT molecular complexity index is 589. The van der Waals surface area contributed by atoms with Crippen LogP contribution in [0.4, 0.5) is 5.82 Å². The molecular weight excluding hydrogens is 268 g/mol. The maximum atomic E-state index is 6.01. The van der Waals surface area contributed by atoms with Crippen molar-refractivity contribution in [3.8, 4) is 11.5 Å². The first kappa shape index (κ1) is 15.1. The van der Waals surface area contributed by atoms with Gasteiger partial charge in [0.2, 0.25) is 0 Å². The highest BCUT2D eigenvalue weighted by atomic mass is 16.5. The van der Waals surface area contributed by atoms with Gasteiger partial charge in [-0.3, -0.25) is 5.84 Å². The molecule has 6 heteroatoms. The van der Waals surface area contributed by atoms with E-state index in [1.807, 2.05) is 25.1 Å². The number of hydrogen-bond acceptors (Lipinski definition) is 6. The van der Waals surface area contributed by atoms with E-state index in [-0.39, 0.29) is 6.04 Å². The molecule has 0 spiro atoms. The Morgan fingerprint density at radius 3 is 2.24 bits per heavy atom. The maximum absolute atomic E-state index is 6.01. The number of aryl methyl sites for hydroxylation is 1. The predicted octanol–water partition coefficient (Wildman–Crippen LogP) is 1.54.